The van der Waals surface area contributed by atoms with Gasteiger partial charge in [-0.3, -0.25) is 4.98 Å². The molecule has 2 nitrogen and oxygen atoms in total. The van der Waals surface area contributed by atoms with E-state index in [9.17, 15) is 0 Å². The fourth-order valence-corrected chi connectivity index (χ4v) is 6.05. The molecule has 176 valence electrons. The summed E-state index contributed by atoms with van der Waals surface area (Å²) >= 11 is 2.32. The van der Waals surface area contributed by atoms with E-state index in [0.29, 0.717) is 0 Å². The van der Waals surface area contributed by atoms with Gasteiger partial charge in [-0.15, -0.1) is 0 Å². The van der Waals surface area contributed by atoms with Crippen molar-refractivity contribution in [1.29, 1.82) is 0 Å². The van der Waals surface area contributed by atoms with Gasteiger partial charge in [0.2, 0.25) is 0 Å². The highest BCUT2D eigenvalue weighted by Gasteiger charge is 2.09. The van der Waals surface area contributed by atoms with Crippen LogP contribution in [0.2, 0.25) is 0 Å². The summed E-state index contributed by atoms with van der Waals surface area (Å²) in [5.41, 5.74) is 8.57. The Kier molecular flexibility index (Phi) is 5.71. The molecule has 0 radical (unpaired) electrons. The second-order valence-corrected chi connectivity index (χ2v) is 11.1. The zero-order valence-electron chi connectivity index (χ0n) is 19.7. The van der Waals surface area contributed by atoms with Crippen LogP contribution in [0.1, 0.15) is 0 Å². The van der Waals surface area contributed by atoms with E-state index in [4.69, 9.17) is 9.40 Å². The number of aromatic nitrogens is 1. The summed E-state index contributed by atoms with van der Waals surface area (Å²) in [5.74, 6) is 0. The molecule has 0 fully saturated rings. The molecule has 2 aromatic heterocycles. The Hall–Kier alpha value is -3.61. The molecule has 5 aromatic carbocycles. The lowest BCUT2D eigenvalue weighted by Gasteiger charge is -2.08. The van der Waals surface area contributed by atoms with Gasteiger partial charge in [0.05, 0.1) is 5.69 Å². The maximum Gasteiger partial charge on any atom is 0.135 e. The highest BCUT2D eigenvalue weighted by molar-refractivity contribution is 14.2. The van der Waals surface area contributed by atoms with Crippen LogP contribution in [0.15, 0.2) is 131 Å². The number of halogens is 1. The van der Waals surface area contributed by atoms with E-state index < -0.39 is 0 Å². The number of fused-ring (bicyclic) bond motifs is 4. The van der Waals surface area contributed by atoms with Crippen LogP contribution in [0.5, 0.6) is 0 Å². The Balaban J connectivity index is 1.22. The monoisotopic (exact) mass is 605 g/mol. The topological polar surface area (TPSA) is 26.0 Å². The summed E-state index contributed by atoms with van der Waals surface area (Å²) in [6.07, 6.45) is 1.97. The average Bonchev–Trinajstić information content (AvgIpc) is 3.35. The van der Waals surface area contributed by atoms with Gasteiger partial charge in [-0.05, 0) is 82.1 Å². The predicted octanol–water partition coefficient (Wildman–Crippen LogP) is 10.6. The third kappa shape index (κ3) is 4.20. The van der Waals surface area contributed by atoms with Crippen LogP contribution in [0, 0.1) is 0 Å². The number of furan rings is 1. The molecule has 2 heterocycles. The van der Waals surface area contributed by atoms with Crippen molar-refractivity contribution in [2.75, 3.05) is 0 Å². The minimum Gasteiger partial charge on any atom is -0.456 e. The molecule has 37 heavy (non-hydrogen) atoms. The Morgan fingerprint density at radius 1 is 0.541 bits per heavy atom. The van der Waals surface area contributed by atoms with E-state index in [1.807, 2.05) is 30.5 Å². The number of nitrogens with zero attached hydrogens (tertiary/aromatic N) is 1. The maximum absolute atomic E-state index is 5.98. The Bertz CT molecular complexity index is 1910. The Morgan fingerprint density at radius 3 is 1.97 bits per heavy atom. The van der Waals surface area contributed by atoms with Gasteiger partial charge in [-0.1, -0.05) is 69.6 Å². The van der Waals surface area contributed by atoms with Crippen LogP contribution >= 0.6 is 30.1 Å². The number of benzene rings is 5. The fourth-order valence-electron chi connectivity index (χ4n) is 4.93. The van der Waals surface area contributed by atoms with Gasteiger partial charge in [0.15, 0.2) is 0 Å². The zero-order chi connectivity index (χ0) is 24.8. The second-order valence-electron chi connectivity index (χ2n) is 9.12. The predicted molar refractivity (Wildman–Crippen MR) is 165 cm³/mol. The molecule has 0 saturated carbocycles. The number of rotatable bonds is 4. The molecule has 0 N–H and O–H groups in total. The summed E-state index contributed by atoms with van der Waals surface area (Å²) < 4.78 is 5.98. The van der Waals surface area contributed by atoms with Crippen molar-refractivity contribution in [3.8, 4) is 33.5 Å². The van der Waals surface area contributed by atoms with Crippen molar-refractivity contribution >= 4 is 62.8 Å². The SMILES string of the molecule is ISc1ccc(-c2ccc3ccc(-c4ccc(-c5ccc6oc7ccccc7c6c5)nc4)cc3c2)cc1. The molecule has 0 saturated heterocycles. The summed E-state index contributed by atoms with van der Waals surface area (Å²) in [6, 6.07) is 40.7. The van der Waals surface area contributed by atoms with Gasteiger partial charge in [0.25, 0.3) is 0 Å². The summed E-state index contributed by atoms with van der Waals surface area (Å²) in [7, 11) is 1.74. The van der Waals surface area contributed by atoms with E-state index in [1.54, 1.807) is 8.93 Å². The highest BCUT2D eigenvalue weighted by atomic mass is 127. The molecular formula is C33H20INOS. The Morgan fingerprint density at radius 2 is 1.22 bits per heavy atom. The van der Waals surface area contributed by atoms with Gasteiger partial charge in [-0.2, -0.15) is 0 Å². The average molecular weight is 606 g/mol. The first-order valence-electron chi connectivity index (χ1n) is 12.1. The number of hydrogen-bond acceptors (Lipinski definition) is 3. The molecular weight excluding hydrogens is 585 g/mol. The smallest absolute Gasteiger partial charge is 0.135 e. The van der Waals surface area contributed by atoms with Crippen molar-refractivity contribution in [3.63, 3.8) is 0 Å². The highest BCUT2D eigenvalue weighted by Crippen LogP contribution is 2.34. The van der Waals surface area contributed by atoms with Crippen molar-refractivity contribution in [2.45, 2.75) is 4.90 Å². The van der Waals surface area contributed by atoms with Crippen LogP contribution < -0.4 is 0 Å². The molecule has 0 aliphatic heterocycles. The first kappa shape index (κ1) is 22.6. The molecule has 7 aromatic rings. The summed E-state index contributed by atoms with van der Waals surface area (Å²) in [5, 5.41) is 4.71. The van der Waals surface area contributed by atoms with E-state index in [-0.39, 0.29) is 0 Å². The third-order valence-electron chi connectivity index (χ3n) is 6.89. The number of hydrogen-bond donors (Lipinski definition) is 0. The van der Waals surface area contributed by atoms with Gasteiger partial charge in [0.1, 0.15) is 11.2 Å². The quantitative estimate of drug-likeness (QED) is 0.187. The number of para-hydroxylation sites is 1. The minimum absolute atomic E-state index is 0.900. The molecule has 0 unspecified atom stereocenters. The van der Waals surface area contributed by atoms with Gasteiger partial charge >= 0.3 is 0 Å². The van der Waals surface area contributed by atoms with Crippen LogP contribution in [0.3, 0.4) is 0 Å². The summed E-state index contributed by atoms with van der Waals surface area (Å²) in [4.78, 5) is 6.09. The lowest BCUT2D eigenvalue weighted by Crippen LogP contribution is -1.86. The van der Waals surface area contributed by atoms with Crippen molar-refractivity contribution in [1.82, 2.24) is 4.98 Å². The standard InChI is InChI=1S/C33H20INOS/c34-37-28-13-9-21(10-14-28)23-7-5-22-6-8-24(18-27(22)17-23)26-11-15-31(35-20-26)25-12-16-33-30(19-25)29-3-1-2-4-32(29)36-33/h1-20H. The molecule has 4 heteroatoms. The van der Waals surface area contributed by atoms with E-state index >= 15 is 0 Å². The van der Waals surface area contributed by atoms with Gasteiger partial charge in [-0.25, -0.2) is 0 Å². The van der Waals surface area contributed by atoms with Crippen molar-refractivity contribution < 1.29 is 4.42 Å². The molecule has 0 spiro atoms. The van der Waals surface area contributed by atoms with Crippen LogP contribution in [0.4, 0.5) is 0 Å². The van der Waals surface area contributed by atoms with Gasteiger partial charge < -0.3 is 4.42 Å². The molecule has 0 amide bonds. The lowest BCUT2D eigenvalue weighted by atomic mass is 9.98. The fraction of sp³-hybridized carbons (Fsp3) is 0. The number of pyridine rings is 1. The second kappa shape index (κ2) is 9.36. The van der Waals surface area contributed by atoms with Crippen LogP contribution in [0.25, 0.3) is 66.2 Å². The molecule has 7 rings (SSSR count). The molecule has 0 aliphatic carbocycles. The third-order valence-corrected chi connectivity index (χ3v) is 8.86. The van der Waals surface area contributed by atoms with E-state index in [1.165, 1.54) is 26.8 Å². The molecule has 0 aliphatic rings. The first-order valence-corrected chi connectivity index (χ1v) is 15.4. The van der Waals surface area contributed by atoms with Gasteiger partial charge in [0, 0.05) is 54.2 Å². The van der Waals surface area contributed by atoms with E-state index in [2.05, 4.69) is 112 Å². The summed E-state index contributed by atoms with van der Waals surface area (Å²) in [6.45, 7) is 0. The van der Waals surface area contributed by atoms with E-state index in [0.717, 1.165) is 44.3 Å². The van der Waals surface area contributed by atoms with Crippen molar-refractivity contribution in [3.05, 3.63) is 121 Å². The Labute approximate surface area is 230 Å². The molecule has 0 bridgehead atoms. The minimum atomic E-state index is 0.900. The normalized spacial score (nSPS) is 11.5. The molecule has 0 atom stereocenters. The van der Waals surface area contributed by atoms with Crippen molar-refractivity contribution in [2.24, 2.45) is 0 Å². The van der Waals surface area contributed by atoms with Crippen LogP contribution in [-0.4, -0.2) is 4.98 Å². The maximum atomic E-state index is 5.98. The largest absolute Gasteiger partial charge is 0.456 e. The zero-order valence-corrected chi connectivity index (χ0v) is 22.7. The first-order chi connectivity index (χ1) is 18.2. The van der Waals surface area contributed by atoms with Crippen LogP contribution in [-0.2, 0) is 0 Å². The lowest BCUT2D eigenvalue weighted by molar-refractivity contribution is 0.669.